The third kappa shape index (κ3) is 19.0. The van der Waals surface area contributed by atoms with E-state index >= 15 is 0 Å². The molecule has 2 rings (SSSR count). The lowest BCUT2D eigenvalue weighted by Gasteiger charge is -2.11. The molecule has 0 atom stereocenters. The molecule has 2 aromatic rings. The molecule has 0 heterocycles. The molecule has 0 radical (unpaired) electrons. The lowest BCUT2D eigenvalue weighted by atomic mass is 10.1. The van der Waals surface area contributed by atoms with Crippen molar-refractivity contribution < 1.29 is 59.9 Å². The number of hydrogen-bond donors (Lipinski definition) is 4. The van der Waals surface area contributed by atoms with Crippen LogP contribution in [-0.2, 0) is 48.0 Å². The zero-order chi connectivity index (χ0) is 38.2. The lowest BCUT2D eigenvalue weighted by Crippen LogP contribution is -2.27. The smallest absolute Gasteiger partial charge is 0.275 e. The maximum atomic E-state index is 14.7. The Balaban J connectivity index is 1.54. The summed E-state index contributed by atoms with van der Waals surface area (Å²) >= 11 is 0. The Morgan fingerprint density at radius 3 is 1.62 bits per heavy atom. The molecule has 0 aliphatic carbocycles. The third-order valence-electron chi connectivity index (χ3n) is 6.34. The Labute approximate surface area is 301 Å². The van der Waals surface area contributed by atoms with E-state index in [0.29, 0.717) is 72.6 Å². The monoisotopic (exact) mass is 759 g/mol. The molecule has 0 aliphatic heterocycles. The first-order chi connectivity index (χ1) is 24.9. The minimum atomic E-state index is -3.90. The Morgan fingerprint density at radius 1 is 0.731 bits per heavy atom. The minimum Gasteiger partial charge on any atom is -0.451 e. The normalized spacial score (nSPS) is 11.7. The van der Waals surface area contributed by atoms with E-state index in [1.54, 1.807) is 0 Å². The summed E-state index contributed by atoms with van der Waals surface area (Å²) in [5.41, 5.74) is 10.4. The predicted octanol–water partition coefficient (Wildman–Crippen LogP) is 1.47. The van der Waals surface area contributed by atoms with Crippen LogP contribution >= 0.6 is 0 Å². The highest BCUT2D eigenvalue weighted by Gasteiger charge is 2.17. The molecule has 0 unspecified atom stereocenters. The molecule has 0 saturated heterocycles. The SMILES string of the molecule is CC(=O)NCCOCCOCCOCCOCCOCCOCCNS(=O)(=O)c1ccc(Oc2c(F)cc(/C=C(\C)C(=O)N=C(N)N)cc2F)cc1. The van der Waals surface area contributed by atoms with Gasteiger partial charge in [-0.2, -0.15) is 4.99 Å². The quantitative estimate of drug-likeness (QED) is 0.0439. The van der Waals surface area contributed by atoms with Gasteiger partial charge < -0.3 is 49.9 Å². The number of hydrogen-bond acceptors (Lipinski definition) is 11. The number of carbonyl (C=O) groups excluding carboxylic acids is 2. The van der Waals surface area contributed by atoms with Gasteiger partial charge in [-0.3, -0.25) is 9.59 Å². The van der Waals surface area contributed by atoms with Gasteiger partial charge >= 0.3 is 0 Å². The number of ether oxygens (including phenoxy) is 7. The number of benzene rings is 2. The average Bonchev–Trinajstić information content (AvgIpc) is 3.08. The Morgan fingerprint density at radius 2 is 1.17 bits per heavy atom. The standard InChI is InChI=1S/C33H47F2N5O11S/c1-24(32(42)40-33(36)37)21-26-22-29(34)31(30(35)23-26)51-27-3-5-28(6-4-27)52(43,44)39-8-10-46-12-14-48-16-18-50-20-19-49-17-15-47-13-11-45-9-7-38-25(2)41/h3-6,21-23,39H,7-20H2,1-2H3,(H,38,41)(H4,36,37,40,42)/b24-21+. The maximum absolute atomic E-state index is 14.7. The molecular weight excluding hydrogens is 712 g/mol. The van der Waals surface area contributed by atoms with E-state index < -0.39 is 39.3 Å². The second-order valence-electron chi connectivity index (χ2n) is 10.6. The number of sulfonamides is 1. The van der Waals surface area contributed by atoms with Crippen molar-refractivity contribution in [1.82, 2.24) is 10.0 Å². The number of amides is 2. The first kappa shape index (κ1) is 44.1. The molecule has 0 bridgehead atoms. The van der Waals surface area contributed by atoms with E-state index in [-0.39, 0.29) is 47.4 Å². The summed E-state index contributed by atoms with van der Waals surface area (Å²) in [5, 5.41) is 2.63. The van der Waals surface area contributed by atoms with E-state index in [1.165, 1.54) is 44.2 Å². The highest BCUT2D eigenvalue weighted by molar-refractivity contribution is 7.89. The molecule has 2 amide bonds. The van der Waals surface area contributed by atoms with Gasteiger partial charge in [0.2, 0.25) is 15.9 Å². The Hall–Kier alpha value is -4.08. The molecule has 290 valence electrons. The van der Waals surface area contributed by atoms with Crippen molar-refractivity contribution in [2.75, 3.05) is 92.4 Å². The van der Waals surface area contributed by atoms with Crippen LogP contribution in [0.15, 0.2) is 51.9 Å². The molecule has 19 heteroatoms. The van der Waals surface area contributed by atoms with Gasteiger partial charge in [0.25, 0.3) is 5.91 Å². The van der Waals surface area contributed by atoms with E-state index in [2.05, 4.69) is 15.0 Å². The summed E-state index contributed by atoms with van der Waals surface area (Å²) in [7, 11) is -3.90. The predicted molar refractivity (Wildman–Crippen MR) is 186 cm³/mol. The number of nitrogens with two attached hydrogens (primary N) is 2. The van der Waals surface area contributed by atoms with Crippen LogP contribution in [0.4, 0.5) is 8.78 Å². The number of aliphatic imine (C=N–C) groups is 1. The molecule has 16 nitrogen and oxygen atoms in total. The van der Waals surface area contributed by atoms with Gasteiger partial charge in [0.1, 0.15) is 5.75 Å². The van der Waals surface area contributed by atoms with Crippen LogP contribution in [0.1, 0.15) is 19.4 Å². The molecule has 0 spiro atoms. The van der Waals surface area contributed by atoms with Gasteiger partial charge in [0.15, 0.2) is 23.3 Å². The van der Waals surface area contributed by atoms with Crippen molar-refractivity contribution in [3.8, 4) is 11.5 Å². The number of nitrogens with zero attached hydrogens (tertiary/aromatic N) is 1. The maximum Gasteiger partial charge on any atom is 0.275 e. The van der Waals surface area contributed by atoms with Crippen molar-refractivity contribution in [3.05, 3.63) is 59.2 Å². The van der Waals surface area contributed by atoms with Crippen LogP contribution in [0, 0.1) is 11.6 Å². The van der Waals surface area contributed by atoms with Crippen molar-refractivity contribution in [2.45, 2.75) is 18.7 Å². The van der Waals surface area contributed by atoms with Crippen LogP contribution in [0.25, 0.3) is 6.08 Å². The van der Waals surface area contributed by atoms with E-state index in [4.69, 9.17) is 44.6 Å². The highest BCUT2D eigenvalue weighted by atomic mass is 32.2. The highest BCUT2D eigenvalue weighted by Crippen LogP contribution is 2.30. The van der Waals surface area contributed by atoms with Crippen molar-refractivity contribution in [1.29, 1.82) is 0 Å². The van der Waals surface area contributed by atoms with E-state index in [0.717, 1.165) is 12.1 Å². The van der Waals surface area contributed by atoms with Crippen molar-refractivity contribution in [2.24, 2.45) is 16.5 Å². The van der Waals surface area contributed by atoms with Gasteiger partial charge in [-0.05, 0) is 55.0 Å². The number of rotatable bonds is 27. The molecule has 2 aromatic carbocycles. The van der Waals surface area contributed by atoms with Gasteiger partial charge in [0.05, 0.1) is 84.2 Å². The van der Waals surface area contributed by atoms with Gasteiger partial charge in [0, 0.05) is 25.6 Å². The molecule has 0 aliphatic rings. The van der Waals surface area contributed by atoms with Gasteiger partial charge in [-0.1, -0.05) is 0 Å². The largest absolute Gasteiger partial charge is 0.451 e. The Bertz CT molecular complexity index is 1530. The van der Waals surface area contributed by atoms with Crippen LogP contribution in [0.5, 0.6) is 11.5 Å². The van der Waals surface area contributed by atoms with E-state index in [9.17, 15) is 26.8 Å². The topological polar surface area (TPSA) is 221 Å². The fourth-order valence-electron chi connectivity index (χ4n) is 3.91. The molecule has 6 N–H and O–H groups in total. The summed E-state index contributed by atoms with van der Waals surface area (Å²) in [6.07, 6.45) is 1.20. The molecular formula is C33H47F2N5O11S. The Kier molecular flexibility index (Phi) is 21.2. The lowest BCUT2D eigenvalue weighted by molar-refractivity contribution is -0.119. The molecule has 52 heavy (non-hydrogen) atoms. The zero-order valence-corrected chi connectivity index (χ0v) is 30.0. The number of guanidine groups is 1. The summed E-state index contributed by atoms with van der Waals surface area (Å²) in [5.74, 6) is -4.15. The number of halogens is 2. The average molecular weight is 760 g/mol. The molecule has 0 aromatic heterocycles. The second-order valence-corrected chi connectivity index (χ2v) is 12.4. The minimum absolute atomic E-state index is 0.00328. The van der Waals surface area contributed by atoms with Crippen molar-refractivity contribution >= 4 is 33.9 Å². The second kappa shape index (κ2) is 25.0. The van der Waals surface area contributed by atoms with Gasteiger partial charge in [-0.15, -0.1) is 0 Å². The van der Waals surface area contributed by atoms with Crippen LogP contribution < -0.4 is 26.2 Å². The van der Waals surface area contributed by atoms with E-state index in [1.807, 2.05) is 0 Å². The number of nitrogens with one attached hydrogen (secondary N) is 2. The number of carbonyl (C=O) groups is 2. The zero-order valence-electron chi connectivity index (χ0n) is 29.2. The third-order valence-corrected chi connectivity index (χ3v) is 7.82. The first-order valence-corrected chi connectivity index (χ1v) is 17.7. The molecule has 0 fully saturated rings. The summed E-state index contributed by atoms with van der Waals surface area (Å²) in [6, 6.07) is 6.85. The van der Waals surface area contributed by atoms with Gasteiger partial charge in [-0.25, -0.2) is 21.9 Å². The summed E-state index contributed by atoms with van der Waals surface area (Å²) in [4.78, 5) is 25.8. The van der Waals surface area contributed by atoms with Crippen LogP contribution in [0.2, 0.25) is 0 Å². The summed E-state index contributed by atoms with van der Waals surface area (Å²) in [6.45, 7) is 7.64. The summed E-state index contributed by atoms with van der Waals surface area (Å²) < 4.78 is 94.6. The van der Waals surface area contributed by atoms with Crippen LogP contribution in [-0.4, -0.2) is 119 Å². The fraction of sp³-hybridized carbons (Fsp3) is 0.485. The van der Waals surface area contributed by atoms with Crippen LogP contribution in [0.3, 0.4) is 0 Å². The fourth-order valence-corrected chi connectivity index (χ4v) is 4.93. The molecule has 0 saturated carbocycles. The first-order valence-electron chi connectivity index (χ1n) is 16.2. The van der Waals surface area contributed by atoms with Crippen molar-refractivity contribution in [3.63, 3.8) is 0 Å².